The van der Waals surface area contributed by atoms with Gasteiger partial charge in [0.15, 0.2) is 0 Å². The molecule has 4 rings (SSSR count). The van der Waals surface area contributed by atoms with Gasteiger partial charge < -0.3 is 4.90 Å². The molecule has 1 heterocycles. The number of nitrogens with zero attached hydrogens (tertiary/aromatic N) is 4. The van der Waals surface area contributed by atoms with Crippen molar-refractivity contribution in [3.05, 3.63) is 76.8 Å². The Bertz CT molecular complexity index is 947. The van der Waals surface area contributed by atoms with Crippen LogP contribution in [-0.2, 0) is 10.2 Å². The molecule has 2 aromatic carbocycles. The van der Waals surface area contributed by atoms with Crippen molar-refractivity contribution >= 4 is 21.8 Å². The van der Waals surface area contributed by atoms with Crippen LogP contribution in [0.4, 0.5) is 0 Å². The second kappa shape index (κ2) is 7.51. The van der Waals surface area contributed by atoms with Gasteiger partial charge in [0.25, 0.3) is 0 Å². The summed E-state index contributed by atoms with van der Waals surface area (Å²) < 4.78 is 2.76. The fraction of sp³-hybridized carbons (Fsp3) is 0.318. The number of hydrogen-bond acceptors (Lipinski definition) is 3. The maximum atomic E-state index is 13.5. The van der Waals surface area contributed by atoms with Crippen LogP contribution in [0.25, 0.3) is 5.69 Å². The highest BCUT2D eigenvalue weighted by molar-refractivity contribution is 9.10. The molecule has 1 aliphatic rings. The number of benzene rings is 2. The van der Waals surface area contributed by atoms with E-state index in [1.54, 1.807) is 11.0 Å². The maximum Gasteiger partial charge on any atom is 0.233 e. The van der Waals surface area contributed by atoms with Crippen LogP contribution < -0.4 is 0 Å². The number of likely N-dealkylation sites (N-methyl/N-ethyl adjacent to an activating group) is 1. The number of aromatic nitrogens is 3. The van der Waals surface area contributed by atoms with Gasteiger partial charge in [-0.1, -0.05) is 46.6 Å². The first-order chi connectivity index (χ1) is 13.5. The van der Waals surface area contributed by atoms with Crippen molar-refractivity contribution < 1.29 is 4.79 Å². The molecule has 5 nitrogen and oxygen atoms in total. The zero-order valence-electron chi connectivity index (χ0n) is 16.0. The van der Waals surface area contributed by atoms with E-state index in [1.165, 1.54) is 6.33 Å². The summed E-state index contributed by atoms with van der Waals surface area (Å²) >= 11 is 3.49. The third kappa shape index (κ3) is 3.26. The lowest BCUT2D eigenvalue weighted by molar-refractivity contribution is -0.141. The molecule has 28 heavy (non-hydrogen) atoms. The van der Waals surface area contributed by atoms with Crippen molar-refractivity contribution in [2.45, 2.75) is 37.6 Å². The van der Waals surface area contributed by atoms with E-state index in [9.17, 15) is 4.79 Å². The average molecular weight is 439 g/mol. The van der Waals surface area contributed by atoms with Gasteiger partial charge in [0.05, 0.1) is 17.1 Å². The van der Waals surface area contributed by atoms with Crippen molar-refractivity contribution in [1.29, 1.82) is 0 Å². The van der Waals surface area contributed by atoms with Gasteiger partial charge in [0.2, 0.25) is 5.91 Å². The Hall–Kier alpha value is -2.47. The van der Waals surface area contributed by atoms with Crippen LogP contribution in [0.15, 0.2) is 65.7 Å². The third-order valence-corrected chi connectivity index (χ3v) is 6.50. The molecule has 1 atom stereocenters. The standard InChI is InChI=1S/C22H23BrN4O/c1-16(17-4-10-20(11-5-17)27-15-24-14-25-27)26(2)21(28)22(12-3-13-22)18-6-8-19(23)9-7-18/h4-11,14-16H,3,12-13H2,1-2H3. The molecule has 3 aromatic rings. The summed E-state index contributed by atoms with van der Waals surface area (Å²) in [6.45, 7) is 2.08. The largest absolute Gasteiger partial charge is 0.338 e. The second-order valence-corrected chi connectivity index (χ2v) is 8.38. The van der Waals surface area contributed by atoms with E-state index < -0.39 is 0 Å². The lowest BCUT2D eigenvalue weighted by Gasteiger charge is -2.44. The Morgan fingerprint density at radius 2 is 1.82 bits per heavy atom. The molecule has 1 amide bonds. The number of carbonyl (C=O) groups excluding carboxylic acids is 1. The zero-order valence-corrected chi connectivity index (χ0v) is 17.6. The lowest BCUT2D eigenvalue weighted by atomic mass is 9.63. The van der Waals surface area contributed by atoms with Gasteiger partial charge in [-0.05, 0) is 55.2 Å². The molecule has 144 valence electrons. The average Bonchev–Trinajstić information content (AvgIpc) is 3.22. The van der Waals surface area contributed by atoms with Crippen LogP contribution in [0.1, 0.15) is 43.4 Å². The molecule has 1 aromatic heterocycles. The van der Waals surface area contributed by atoms with E-state index in [-0.39, 0.29) is 17.4 Å². The minimum Gasteiger partial charge on any atom is -0.338 e. The first kappa shape index (κ1) is 18.9. The first-order valence-electron chi connectivity index (χ1n) is 9.49. The van der Waals surface area contributed by atoms with Gasteiger partial charge in [-0.2, -0.15) is 5.10 Å². The molecule has 0 radical (unpaired) electrons. The van der Waals surface area contributed by atoms with Crippen LogP contribution >= 0.6 is 15.9 Å². The third-order valence-electron chi connectivity index (χ3n) is 5.97. The molecule has 0 aliphatic heterocycles. The summed E-state index contributed by atoms with van der Waals surface area (Å²) in [5, 5.41) is 4.15. The molecule has 0 N–H and O–H groups in total. The van der Waals surface area contributed by atoms with Crippen LogP contribution in [0.2, 0.25) is 0 Å². The molecule has 0 bridgehead atoms. The Morgan fingerprint density at radius 3 is 2.36 bits per heavy atom. The summed E-state index contributed by atoms with van der Waals surface area (Å²) in [6, 6.07) is 16.3. The minimum atomic E-state index is -0.385. The summed E-state index contributed by atoms with van der Waals surface area (Å²) in [7, 11) is 1.91. The molecule has 1 aliphatic carbocycles. The van der Waals surface area contributed by atoms with Crippen molar-refractivity contribution in [2.75, 3.05) is 7.05 Å². The number of carbonyl (C=O) groups is 1. The van der Waals surface area contributed by atoms with E-state index in [0.29, 0.717) is 0 Å². The molecule has 1 saturated carbocycles. The van der Waals surface area contributed by atoms with E-state index in [0.717, 1.165) is 40.5 Å². The highest BCUT2D eigenvalue weighted by Gasteiger charge is 2.47. The van der Waals surface area contributed by atoms with E-state index in [2.05, 4.69) is 57.2 Å². The van der Waals surface area contributed by atoms with Crippen LogP contribution in [0.5, 0.6) is 0 Å². The Morgan fingerprint density at radius 1 is 1.14 bits per heavy atom. The number of rotatable bonds is 5. The van der Waals surface area contributed by atoms with Gasteiger partial charge in [-0.15, -0.1) is 0 Å². The normalized spacial score (nSPS) is 16.2. The minimum absolute atomic E-state index is 0.00906. The van der Waals surface area contributed by atoms with E-state index in [1.807, 2.05) is 36.2 Å². The topological polar surface area (TPSA) is 51.0 Å². The van der Waals surface area contributed by atoms with Gasteiger partial charge in [0, 0.05) is 11.5 Å². The van der Waals surface area contributed by atoms with Gasteiger partial charge in [-0.3, -0.25) is 4.79 Å². The fourth-order valence-electron chi connectivity index (χ4n) is 3.91. The molecular formula is C22H23BrN4O. The predicted molar refractivity (Wildman–Crippen MR) is 112 cm³/mol. The van der Waals surface area contributed by atoms with Crippen molar-refractivity contribution in [3.63, 3.8) is 0 Å². The molecule has 0 saturated heterocycles. The van der Waals surface area contributed by atoms with E-state index in [4.69, 9.17) is 0 Å². The molecule has 0 spiro atoms. The van der Waals surface area contributed by atoms with Crippen molar-refractivity contribution in [2.24, 2.45) is 0 Å². The van der Waals surface area contributed by atoms with Gasteiger partial charge in [0.1, 0.15) is 12.7 Å². The summed E-state index contributed by atoms with van der Waals surface area (Å²) in [6.07, 6.45) is 6.11. The molecular weight excluding hydrogens is 416 g/mol. The smallest absolute Gasteiger partial charge is 0.233 e. The number of halogens is 1. The Kier molecular flexibility index (Phi) is 5.06. The molecule has 6 heteroatoms. The predicted octanol–water partition coefficient (Wildman–Crippen LogP) is 4.67. The second-order valence-electron chi connectivity index (χ2n) is 7.47. The molecule has 1 unspecified atom stereocenters. The monoisotopic (exact) mass is 438 g/mol. The number of hydrogen-bond donors (Lipinski definition) is 0. The lowest BCUT2D eigenvalue weighted by Crippen LogP contribution is -2.50. The Balaban J connectivity index is 1.55. The van der Waals surface area contributed by atoms with E-state index >= 15 is 0 Å². The fourth-order valence-corrected chi connectivity index (χ4v) is 4.17. The highest BCUT2D eigenvalue weighted by Crippen LogP contribution is 2.46. The highest BCUT2D eigenvalue weighted by atomic mass is 79.9. The summed E-state index contributed by atoms with van der Waals surface area (Å²) in [5.74, 6) is 0.203. The quantitative estimate of drug-likeness (QED) is 0.581. The maximum absolute atomic E-state index is 13.5. The molecule has 1 fully saturated rings. The van der Waals surface area contributed by atoms with Crippen LogP contribution in [-0.4, -0.2) is 32.6 Å². The van der Waals surface area contributed by atoms with Crippen molar-refractivity contribution in [1.82, 2.24) is 19.7 Å². The first-order valence-corrected chi connectivity index (χ1v) is 10.3. The summed E-state index contributed by atoms with van der Waals surface area (Å²) in [5.41, 5.74) is 2.79. The zero-order chi connectivity index (χ0) is 19.7. The van der Waals surface area contributed by atoms with Crippen molar-refractivity contribution in [3.8, 4) is 5.69 Å². The van der Waals surface area contributed by atoms with Crippen LogP contribution in [0, 0.1) is 0 Å². The number of amides is 1. The SMILES string of the molecule is CC(c1ccc(-n2cncn2)cc1)N(C)C(=O)C1(c2ccc(Br)cc2)CCC1. The van der Waals surface area contributed by atoms with Gasteiger partial charge in [-0.25, -0.2) is 9.67 Å². The Labute approximate surface area is 173 Å². The van der Waals surface area contributed by atoms with Gasteiger partial charge >= 0.3 is 0 Å². The summed E-state index contributed by atoms with van der Waals surface area (Å²) in [4.78, 5) is 19.4. The van der Waals surface area contributed by atoms with Crippen LogP contribution in [0.3, 0.4) is 0 Å².